The van der Waals surface area contributed by atoms with E-state index in [0.29, 0.717) is 12.2 Å². The van der Waals surface area contributed by atoms with E-state index in [-0.39, 0.29) is 5.97 Å². The number of nitrogens with zero attached hydrogens (tertiary/aromatic N) is 1. The third-order valence-electron chi connectivity index (χ3n) is 3.84. The van der Waals surface area contributed by atoms with Crippen LogP contribution in [0.1, 0.15) is 22.8 Å². The molecule has 0 aliphatic rings. The van der Waals surface area contributed by atoms with Crippen LogP contribution in [0.25, 0.3) is 22.5 Å². The minimum atomic E-state index is -0.303. The summed E-state index contributed by atoms with van der Waals surface area (Å²) in [4.78, 5) is 16.5. The molecular weight excluding hydrogens is 378 g/mol. The highest BCUT2D eigenvalue weighted by Crippen LogP contribution is 2.24. The van der Waals surface area contributed by atoms with Crippen molar-refractivity contribution in [1.82, 2.24) is 4.98 Å². The van der Waals surface area contributed by atoms with E-state index in [1.807, 2.05) is 30.3 Å². The van der Waals surface area contributed by atoms with Crippen LogP contribution < -0.4 is 0 Å². The Kier molecular flexibility index (Phi) is 5.61. The Labute approximate surface area is 155 Å². The van der Waals surface area contributed by atoms with Crippen LogP contribution in [0, 0.1) is 0 Å². The van der Waals surface area contributed by atoms with Crippen LogP contribution in [-0.4, -0.2) is 17.6 Å². The molecule has 0 N–H and O–H groups in total. The van der Waals surface area contributed by atoms with E-state index in [0.717, 1.165) is 27.8 Å². The highest BCUT2D eigenvalue weighted by molar-refractivity contribution is 9.08. The fraction of sp³-hybridized carbons (Fsp3) is 0.143. The Hall–Kier alpha value is -2.46. The lowest BCUT2D eigenvalue weighted by atomic mass is 10.1. The molecule has 0 unspecified atom stereocenters. The number of carbonyl (C=O) groups is 1. The Morgan fingerprint density at radius 3 is 2.00 bits per heavy atom. The summed E-state index contributed by atoms with van der Waals surface area (Å²) >= 11 is 3.46. The number of benzene rings is 2. The van der Waals surface area contributed by atoms with E-state index < -0.39 is 0 Å². The van der Waals surface area contributed by atoms with Crippen molar-refractivity contribution in [1.29, 1.82) is 0 Å². The molecule has 25 heavy (non-hydrogen) atoms. The molecule has 0 saturated carbocycles. The number of hydrogen-bond donors (Lipinski definition) is 0. The minimum Gasteiger partial charge on any atom is -0.462 e. The second-order valence-electron chi connectivity index (χ2n) is 5.54. The summed E-state index contributed by atoms with van der Waals surface area (Å²) < 4.78 is 5.01. The molecule has 4 heteroatoms. The molecule has 2 aromatic carbocycles. The van der Waals surface area contributed by atoms with Crippen LogP contribution in [0.2, 0.25) is 0 Å². The van der Waals surface area contributed by atoms with Gasteiger partial charge in [-0.15, -0.1) is 0 Å². The monoisotopic (exact) mass is 395 g/mol. The molecule has 126 valence electrons. The number of aromatic nitrogens is 1. The van der Waals surface area contributed by atoms with E-state index in [2.05, 4.69) is 40.2 Å². The summed E-state index contributed by atoms with van der Waals surface area (Å²) in [5.74, 6) is -0.303. The van der Waals surface area contributed by atoms with Crippen molar-refractivity contribution in [3.8, 4) is 22.5 Å². The van der Waals surface area contributed by atoms with E-state index in [4.69, 9.17) is 9.72 Å². The van der Waals surface area contributed by atoms with E-state index in [1.165, 1.54) is 5.56 Å². The van der Waals surface area contributed by atoms with Crippen molar-refractivity contribution in [3.05, 3.63) is 77.9 Å². The Morgan fingerprint density at radius 1 is 0.920 bits per heavy atom. The van der Waals surface area contributed by atoms with Crippen molar-refractivity contribution < 1.29 is 9.53 Å². The van der Waals surface area contributed by atoms with Gasteiger partial charge in [0.1, 0.15) is 0 Å². The standard InChI is InChI=1S/C21H18BrNO2/c1-2-25-21(24)18-12-10-17(11-13-18)20-5-3-4-19(23-20)16-8-6-15(14-22)7-9-16/h3-13H,2,14H2,1H3. The van der Waals surface area contributed by atoms with Gasteiger partial charge in [0.25, 0.3) is 0 Å². The fourth-order valence-electron chi connectivity index (χ4n) is 2.51. The SMILES string of the molecule is CCOC(=O)c1ccc(-c2cccc(-c3ccc(CBr)cc3)n2)cc1. The lowest BCUT2D eigenvalue weighted by molar-refractivity contribution is 0.0526. The quantitative estimate of drug-likeness (QED) is 0.423. The molecule has 0 amide bonds. The summed E-state index contributed by atoms with van der Waals surface area (Å²) in [7, 11) is 0. The molecule has 1 heterocycles. The first kappa shape index (κ1) is 17.4. The second kappa shape index (κ2) is 8.08. The lowest BCUT2D eigenvalue weighted by Crippen LogP contribution is -2.04. The Morgan fingerprint density at radius 2 is 1.48 bits per heavy atom. The number of ether oxygens (including phenoxy) is 1. The zero-order valence-corrected chi connectivity index (χ0v) is 15.5. The zero-order chi connectivity index (χ0) is 17.6. The molecule has 0 atom stereocenters. The van der Waals surface area contributed by atoms with Gasteiger partial charge in [0.05, 0.1) is 23.6 Å². The third-order valence-corrected chi connectivity index (χ3v) is 4.49. The average molecular weight is 396 g/mol. The molecular formula is C21H18BrNO2. The summed E-state index contributed by atoms with van der Waals surface area (Å²) in [6.07, 6.45) is 0. The molecule has 0 bridgehead atoms. The van der Waals surface area contributed by atoms with Crippen molar-refractivity contribution in [2.45, 2.75) is 12.3 Å². The smallest absolute Gasteiger partial charge is 0.338 e. The number of rotatable bonds is 5. The summed E-state index contributed by atoms with van der Waals surface area (Å²) in [6.45, 7) is 2.17. The molecule has 0 spiro atoms. The van der Waals surface area contributed by atoms with Gasteiger partial charge in [-0.3, -0.25) is 0 Å². The minimum absolute atomic E-state index is 0.303. The number of hydrogen-bond acceptors (Lipinski definition) is 3. The third kappa shape index (κ3) is 4.15. The van der Waals surface area contributed by atoms with Gasteiger partial charge in [-0.05, 0) is 36.8 Å². The first-order chi connectivity index (χ1) is 12.2. The van der Waals surface area contributed by atoms with Crippen molar-refractivity contribution >= 4 is 21.9 Å². The first-order valence-corrected chi connectivity index (χ1v) is 9.23. The maximum absolute atomic E-state index is 11.7. The van der Waals surface area contributed by atoms with Gasteiger partial charge in [0.2, 0.25) is 0 Å². The van der Waals surface area contributed by atoms with Crippen LogP contribution in [0.4, 0.5) is 0 Å². The summed E-state index contributed by atoms with van der Waals surface area (Å²) in [5.41, 5.74) is 5.62. The molecule has 3 nitrogen and oxygen atoms in total. The molecule has 0 aliphatic carbocycles. The molecule has 0 fully saturated rings. The Bertz CT molecular complexity index is 858. The van der Waals surface area contributed by atoms with E-state index >= 15 is 0 Å². The number of halogens is 1. The van der Waals surface area contributed by atoms with Gasteiger partial charge in [-0.1, -0.05) is 58.4 Å². The van der Waals surface area contributed by atoms with Crippen LogP contribution in [0.15, 0.2) is 66.7 Å². The van der Waals surface area contributed by atoms with Gasteiger partial charge in [0, 0.05) is 16.5 Å². The maximum Gasteiger partial charge on any atom is 0.338 e. The van der Waals surface area contributed by atoms with Gasteiger partial charge in [0.15, 0.2) is 0 Å². The molecule has 1 aromatic heterocycles. The largest absolute Gasteiger partial charge is 0.462 e. The predicted octanol–water partition coefficient (Wildman–Crippen LogP) is 5.49. The van der Waals surface area contributed by atoms with Crippen molar-refractivity contribution in [2.75, 3.05) is 6.61 Å². The van der Waals surface area contributed by atoms with Gasteiger partial charge >= 0.3 is 5.97 Å². The topological polar surface area (TPSA) is 39.2 Å². The summed E-state index contributed by atoms with van der Waals surface area (Å²) in [5, 5.41) is 0.841. The normalized spacial score (nSPS) is 10.5. The van der Waals surface area contributed by atoms with Crippen LogP contribution in [-0.2, 0) is 10.1 Å². The molecule has 0 aliphatic heterocycles. The van der Waals surface area contributed by atoms with Gasteiger partial charge in [-0.2, -0.15) is 0 Å². The van der Waals surface area contributed by atoms with E-state index in [9.17, 15) is 4.79 Å². The lowest BCUT2D eigenvalue weighted by Gasteiger charge is -2.07. The fourth-order valence-corrected chi connectivity index (χ4v) is 2.89. The first-order valence-electron chi connectivity index (χ1n) is 8.11. The molecule has 0 saturated heterocycles. The second-order valence-corrected chi connectivity index (χ2v) is 6.10. The highest BCUT2D eigenvalue weighted by Gasteiger charge is 2.08. The van der Waals surface area contributed by atoms with Gasteiger partial charge < -0.3 is 4.74 Å². The summed E-state index contributed by atoms with van der Waals surface area (Å²) in [6, 6.07) is 21.6. The van der Waals surface area contributed by atoms with Crippen LogP contribution >= 0.6 is 15.9 Å². The van der Waals surface area contributed by atoms with E-state index in [1.54, 1.807) is 19.1 Å². The van der Waals surface area contributed by atoms with Crippen LogP contribution in [0.5, 0.6) is 0 Å². The molecule has 3 rings (SSSR count). The van der Waals surface area contributed by atoms with Crippen molar-refractivity contribution in [3.63, 3.8) is 0 Å². The number of alkyl halides is 1. The highest BCUT2D eigenvalue weighted by atomic mass is 79.9. The molecule has 3 aromatic rings. The number of carbonyl (C=O) groups excluding carboxylic acids is 1. The van der Waals surface area contributed by atoms with Crippen LogP contribution in [0.3, 0.4) is 0 Å². The average Bonchev–Trinajstić information content (AvgIpc) is 2.68. The predicted molar refractivity (Wildman–Crippen MR) is 104 cm³/mol. The zero-order valence-electron chi connectivity index (χ0n) is 13.9. The maximum atomic E-state index is 11.7. The van der Waals surface area contributed by atoms with Crippen molar-refractivity contribution in [2.24, 2.45) is 0 Å². The number of esters is 1. The Balaban J connectivity index is 1.86. The van der Waals surface area contributed by atoms with Gasteiger partial charge in [-0.25, -0.2) is 9.78 Å². The molecule has 0 radical (unpaired) electrons. The number of pyridine rings is 1.